The molecule has 2 aromatic rings. The number of anilines is 1. The van der Waals surface area contributed by atoms with Crippen molar-refractivity contribution in [2.24, 2.45) is 5.11 Å². The molecule has 0 fully saturated rings. The van der Waals surface area contributed by atoms with E-state index in [2.05, 4.69) is 54.1 Å². The number of nitrogens with zero attached hydrogens (tertiary/aromatic N) is 3. The maximum atomic E-state index is 13.2. The second-order valence-electron chi connectivity index (χ2n) is 4.49. The Morgan fingerprint density at radius 3 is 2.95 bits per heavy atom. The van der Waals surface area contributed by atoms with Crippen LogP contribution in [0.1, 0.15) is 12.5 Å². The highest BCUT2D eigenvalue weighted by atomic mass is 127. The molecular weight excluding hydrogens is 464 g/mol. The van der Waals surface area contributed by atoms with Gasteiger partial charge in [0.05, 0.1) is 18.1 Å². The van der Waals surface area contributed by atoms with Crippen LogP contribution in [0.25, 0.3) is 0 Å². The minimum Gasteiger partial charge on any atom is -0.356 e. The van der Waals surface area contributed by atoms with Crippen LogP contribution >= 0.6 is 38.5 Å². The summed E-state index contributed by atoms with van der Waals surface area (Å²) < 4.78 is 16.7. The van der Waals surface area contributed by atoms with Crippen molar-refractivity contribution in [1.29, 1.82) is 5.53 Å². The van der Waals surface area contributed by atoms with Crippen molar-refractivity contribution in [3.05, 3.63) is 55.8 Å². The average molecular weight is 478 g/mol. The SMILES string of the molecule is CCn1ncc(C/C(=C/N=N)Nc2ccc(F)cc2I)c1Br. The zero-order valence-electron chi connectivity index (χ0n) is 11.8. The summed E-state index contributed by atoms with van der Waals surface area (Å²) in [5.41, 5.74) is 9.56. The molecule has 0 aliphatic rings. The van der Waals surface area contributed by atoms with Crippen molar-refractivity contribution in [3.8, 4) is 0 Å². The number of aryl methyl sites for hydroxylation is 1. The van der Waals surface area contributed by atoms with E-state index in [0.29, 0.717) is 6.42 Å². The Hall–Kier alpha value is -1.29. The molecule has 8 heteroatoms. The normalized spacial score (nSPS) is 11.5. The summed E-state index contributed by atoms with van der Waals surface area (Å²) in [6.45, 7) is 2.78. The summed E-state index contributed by atoms with van der Waals surface area (Å²) >= 11 is 5.58. The van der Waals surface area contributed by atoms with Crippen LogP contribution in [-0.2, 0) is 13.0 Å². The standard InChI is InChI=1S/C14H14BrFIN5/c1-2-22-14(15)9(7-20-22)5-11(8-19-18)21-13-4-3-10(16)6-12(13)17/h3-4,6-8,18,21H,2,5H2,1H3/b11-8-,19-18?. The van der Waals surface area contributed by atoms with Gasteiger partial charge in [-0.15, -0.1) is 0 Å². The van der Waals surface area contributed by atoms with Crippen molar-refractivity contribution in [2.45, 2.75) is 19.9 Å². The molecule has 2 N–H and O–H groups in total. The van der Waals surface area contributed by atoms with Gasteiger partial charge in [-0.25, -0.2) is 9.92 Å². The highest BCUT2D eigenvalue weighted by Crippen LogP contribution is 2.24. The van der Waals surface area contributed by atoms with Crippen molar-refractivity contribution in [2.75, 3.05) is 5.32 Å². The monoisotopic (exact) mass is 477 g/mol. The number of nitrogens with one attached hydrogen (secondary N) is 2. The summed E-state index contributed by atoms with van der Waals surface area (Å²) in [7, 11) is 0. The fourth-order valence-corrected chi connectivity index (χ4v) is 3.11. The number of allylic oxidation sites excluding steroid dienone is 1. The lowest BCUT2D eigenvalue weighted by molar-refractivity contribution is 0.627. The van der Waals surface area contributed by atoms with E-state index < -0.39 is 0 Å². The van der Waals surface area contributed by atoms with E-state index in [-0.39, 0.29) is 5.82 Å². The summed E-state index contributed by atoms with van der Waals surface area (Å²) in [4.78, 5) is 0. The molecule has 116 valence electrons. The minimum atomic E-state index is -0.280. The fraction of sp³-hybridized carbons (Fsp3) is 0.214. The van der Waals surface area contributed by atoms with Crippen LogP contribution in [0.2, 0.25) is 0 Å². The van der Waals surface area contributed by atoms with Crippen LogP contribution < -0.4 is 5.32 Å². The number of halogens is 3. The molecular formula is C14H14BrFIN5. The van der Waals surface area contributed by atoms with Crippen LogP contribution in [0.3, 0.4) is 0 Å². The molecule has 0 radical (unpaired) electrons. The van der Waals surface area contributed by atoms with Crippen molar-refractivity contribution >= 4 is 44.2 Å². The molecule has 1 heterocycles. The van der Waals surface area contributed by atoms with Crippen LogP contribution in [0.4, 0.5) is 10.1 Å². The summed E-state index contributed by atoms with van der Waals surface area (Å²) in [5.74, 6) is -0.280. The summed E-state index contributed by atoms with van der Waals surface area (Å²) in [6, 6.07) is 4.51. The Labute approximate surface area is 149 Å². The fourth-order valence-electron chi connectivity index (χ4n) is 1.92. The second kappa shape index (κ2) is 7.82. The first-order valence-corrected chi connectivity index (χ1v) is 8.40. The third-order valence-electron chi connectivity index (χ3n) is 2.97. The van der Waals surface area contributed by atoms with Gasteiger partial charge in [-0.05, 0) is 63.6 Å². The Bertz CT molecular complexity index is 713. The predicted molar refractivity (Wildman–Crippen MR) is 95.3 cm³/mol. The Balaban J connectivity index is 2.22. The molecule has 0 saturated heterocycles. The topological polar surface area (TPSA) is 66.1 Å². The van der Waals surface area contributed by atoms with Crippen molar-refractivity contribution < 1.29 is 4.39 Å². The molecule has 0 saturated carbocycles. The molecule has 0 amide bonds. The zero-order chi connectivity index (χ0) is 16.1. The van der Waals surface area contributed by atoms with Gasteiger partial charge < -0.3 is 5.32 Å². The minimum absolute atomic E-state index is 0.280. The molecule has 0 spiro atoms. The highest BCUT2D eigenvalue weighted by Gasteiger charge is 2.11. The summed E-state index contributed by atoms with van der Waals surface area (Å²) in [5, 5.41) is 10.8. The maximum Gasteiger partial charge on any atom is 0.124 e. The second-order valence-corrected chi connectivity index (χ2v) is 6.40. The van der Waals surface area contributed by atoms with Crippen LogP contribution in [-0.4, -0.2) is 9.78 Å². The van der Waals surface area contributed by atoms with E-state index in [1.165, 1.54) is 18.3 Å². The first-order valence-electron chi connectivity index (χ1n) is 6.53. The summed E-state index contributed by atoms with van der Waals surface area (Å²) in [6.07, 6.45) is 3.76. The molecule has 5 nitrogen and oxygen atoms in total. The molecule has 0 atom stereocenters. The smallest absolute Gasteiger partial charge is 0.124 e. The molecule has 0 aliphatic carbocycles. The van der Waals surface area contributed by atoms with E-state index in [9.17, 15) is 4.39 Å². The Kier molecular flexibility index (Phi) is 6.07. The lowest BCUT2D eigenvalue weighted by Crippen LogP contribution is -2.05. The molecule has 22 heavy (non-hydrogen) atoms. The first-order chi connectivity index (χ1) is 10.5. The van der Waals surface area contributed by atoms with Crippen LogP contribution in [0.5, 0.6) is 0 Å². The van der Waals surface area contributed by atoms with E-state index in [0.717, 1.165) is 31.7 Å². The Morgan fingerprint density at radius 1 is 1.59 bits per heavy atom. The van der Waals surface area contributed by atoms with Crippen molar-refractivity contribution in [1.82, 2.24) is 9.78 Å². The number of hydrogen-bond acceptors (Lipinski definition) is 4. The van der Waals surface area contributed by atoms with E-state index in [4.69, 9.17) is 5.53 Å². The lowest BCUT2D eigenvalue weighted by atomic mass is 10.2. The number of benzene rings is 1. The van der Waals surface area contributed by atoms with Gasteiger partial charge in [0.25, 0.3) is 0 Å². The number of rotatable bonds is 6. The lowest BCUT2D eigenvalue weighted by Gasteiger charge is -2.11. The van der Waals surface area contributed by atoms with Gasteiger partial charge in [-0.3, -0.25) is 4.68 Å². The third kappa shape index (κ3) is 4.13. The van der Waals surface area contributed by atoms with Gasteiger partial charge in [0.15, 0.2) is 0 Å². The molecule has 0 unspecified atom stereocenters. The van der Waals surface area contributed by atoms with Gasteiger partial charge in [0.1, 0.15) is 10.4 Å². The largest absolute Gasteiger partial charge is 0.356 e. The van der Waals surface area contributed by atoms with Gasteiger partial charge in [-0.1, -0.05) is 0 Å². The van der Waals surface area contributed by atoms with Crippen LogP contribution in [0.15, 0.2) is 46.0 Å². The van der Waals surface area contributed by atoms with Crippen molar-refractivity contribution in [3.63, 3.8) is 0 Å². The molecule has 1 aromatic heterocycles. The van der Waals surface area contributed by atoms with Gasteiger partial charge in [0.2, 0.25) is 0 Å². The highest BCUT2D eigenvalue weighted by molar-refractivity contribution is 14.1. The van der Waals surface area contributed by atoms with E-state index >= 15 is 0 Å². The van der Waals surface area contributed by atoms with Gasteiger partial charge in [-0.2, -0.15) is 10.2 Å². The van der Waals surface area contributed by atoms with Gasteiger partial charge >= 0.3 is 0 Å². The van der Waals surface area contributed by atoms with E-state index in [1.54, 1.807) is 12.3 Å². The molecule has 2 rings (SSSR count). The molecule has 0 bridgehead atoms. The number of hydrogen-bond donors (Lipinski definition) is 2. The van der Waals surface area contributed by atoms with Crippen LogP contribution in [0, 0.1) is 14.9 Å². The number of aromatic nitrogens is 2. The Morgan fingerprint density at radius 2 is 2.36 bits per heavy atom. The third-order valence-corrected chi connectivity index (χ3v) is 4.78. The molecule has 1 aromatic carbocycles. The predicted octanol–water partition coefficient (Wildman–Crippen LogP) is 4.94. The zero-order valence-corrected chi connectivity index (χ0v) is 15.5. The van der Waals surface area contributed by atoms with Gasteiger partial charge in [0, 0.05) is 27.8 Å². The quantitative estimate of drug-likeness (QED) is 0.457. The average Bonchev–Trinajstić information content (AvgIpc) is 2.83. The van der Waals surface area contributed by atoms with E-state index in [1.807, 2.05) is 11.6 Å². The molecule has 0 aliphatic heterocycles. The first kappa shape index (κ1) is 17.1. The maximum absolute atomic E-state index is 13.2.